The summed E-state index contributed by atoms with van der Waals surface area (Å²) in [4.78, 5) is 49.9. The molecular weight excluding hydrogens is 472 g/mol. The Morgan fingerprint density at radius 1 is 0.667 bits per heavy atom. The molecule has 3 rings (SSSR count). The van der Waals surface area contributed by atoms with Gasteiger partial charge in [-0.15, -0.1) is 0 Å². The van der Waals surface area contributed by atoms with Crippen LogP contribution in [0.25, 0.3) is 0 Å². The number of ether oxygens (including phenoxy) is 2. The fraction of sp³-hybridized carbons (Fsp3) is 0.333. The van der Waals surface area contributed by atoms with Crippen molar-refractivity contribution in [1.82, 2.24) is 10.6 Å². The first kappa shape index (κ1) is 26.1. The van der Waals surface area contributed by atoms with Gasteiger partial charge in [-0.2, -0.15) is 0 Å². The van der Waals surface area contributed by atoms with Crippen LogP contribution in [0.15, 0.2) is 24.3 Å². The van der Waals surface area contributed by atoms with E-state index in [0.29, 0.717) is 11.4 Å². The molecule has 0 spiro atoms. The number of ketones is 2. The van der Waals surface area contributed by atoms with Gasteiger partial charge in [-0.05, 0) is 38.1 Å². The molecule has 1 aliphatic carbocycles. The number of benzene rings is 2. The fourth-order valence-corrected chi connectivity index (χ4v) is 3.75. The van der Waals surface area contributed by atoms with Gasteiger partial charge in [-0.25, -0.2) is 9.59 Å². The zero-order valence-corrected chi connectivity index (χ0v) is 19.9. The first-order valence-corrected chi connectivity index (χ1v) is 11.4. The highest BCUT2D eigenvalue weighted by molar-refractivity contribution is 6.33. The minimum Gasteiger partial charge on any atom is -0.507 e. The van der Waals surface area contributed by atoms with Crippen LogP contribution < -0.4 is 21.3 Å². The lowest BCUT2D eigenvalue weighted by atomic mass is 9.81. The molecule has 6 N–H and O–H groups in total. The third kappa shape index (κ3) is 5.59. The number of fused-ring (bicyclic) bond motifs is 2. The van der Waals surface area contributed by atoms with E-state index in [1.807, 2.05) is 0 Å². The molecule has 36 heavy (non-hydrogen) atoms. The zero-order chi connectivity index (χ0) is 26.2. The molecule has 0 radical (unpaired) electrons. The molecule has 12 nitrogen and oxygen atoms in total. The molecule has 1 aliphatic rings. The maximum Gasteiger partial charge on any atom is 0.407 e. The van der Waals surface area contributed by atoms with Gasteiger partial charge in [0.1, 0.15) is 11.5 Å². The Morgan fingerprint density at radius 2 is 1.06 bits per heavy atom. The molecule has 0 aromatic heterocycles. The molecule has 0 saturated carbocycles. The Labute approximate surface area is 207 Å². The lowest BCUT2D eigenvalue weighted by Crippen LogP contribution is -2.31. The predicted octanol–water partition coefficient (Wildman–Crippen LogP) is 2.19. The molecule has 12 heteroatoms. The molecule has 0 fully saturated rings. The third-order valence-corrected chi connectivity index (χ3v) is 5.25. The number of rotatable bonds is 10. The normalized spacial score (nSPS) is 11.7. The van der Waals surface area contributed by atoms with Crippen molar-refractivity contribution in [2.75, 3.05) is 50.0 Å². The van der Waals surface area contributed by atoms with Crippen LogP contribution in [0.1, 0.15) is 45.7 Å². The van der Waals surface area contributed by atoms with Crippen molar-refractivity contribution in [3.63, 3.8) is 0 Å². The second kappa shape index (κ2) is 11.8. The molecule has 0 bridgehead atoms. The number of hydrogen-bond donors (Lipinski definition) is 6. The highest BCUT2D eigenvalue weighted by atomic mass is 16.6. The van der Waals surface area contributed by atoms with Gasteiger partial charge < -0.3 is 41.0 Å². The SMILES string of the molecule is CCOC(=O)NCCNc1ccc(NCCNC(=O)OCC)c2c1C(=O)c1c(O)ccc(O)c1C2=O. The van der Waals surface area contributed by atoms with E-state index in [1.165, 1.54) is 0 Å². The first-order valence-electron chi connectivity index (χ1n) is 11.4. The number of nitrogens with one attached hydrogen (secondary N) is 4. The molecule has 0 saturated heterocycles. The second-order valence-electron chi connectivity index (χ2n) is 7.57. The van der Waals surface area contributed by atoms with Crippen LogP contribution in [-0.2, 0) is 9.47 Å². The molecule has 0 unspecified atom stereocenters. The van der Waals surface area contributed by atoms with Crippen LogP contribution in [0.2, 0.25) is 0 Å². The van der Waals surface area contributed by atoms with Crippen molar-refractivity contribution in [3.05, 3.63) is 46.5 Å². The molecule has 2 aromatic carbocycles. The van der Waals surface area contributed by atoms with E-state index < -0.39 is 35.3 Å². The van der Waals surface area contributed by atoms with Gasteiger partial charge in [-0.3, -0.25) is 9.59 Å². The summed E-state index contributed by atoms with van der Waals surface area (Å²) in [7, 11) is 0. The van der Waals surface area contributed by atoms with Gasteiger partial charge in [0.05, 0.1) is 35.5 Å². The number of carbonyl (C=O) groups is 4. The maximum absolute atomic E-state index is 13.5. The van der Waals surface area contributed by atoms with Crippen molar-refractivity contribution < 1.29 is 38.9 Å². The predicted molar refractivity (Wildman–Crippen MR) is 130 cm³/mol. The van der Waals surface area contributed by atoms with Gasteiger partial charge in [0.15, 0.2) is 0 Å². The highest BCUT2D eigenvalue weighted by Crippen LogP contribution is 2.42. The lowest BCUT2D eigenvalue weighted by Gasteiger charge is -2.25. The number of phenolic OH excluding ortho intramolecular Hbond substituents is 2. The van der Waals surface area contributed by atoms with E-state index >= 15 is 0 Å². The van der Waals surface area contributed by atoms with Crippen molar-refractivity contribution >= 4 is 35.1 Å². The summed E-state index contributed by atoms with van der Waals surface area (Å²) in [6, 6.07) is 5.45. The maximum atomic E-state index is 13.5. The Bertz CT molecular complexity index is 1090. The van der Waals surface area contributed by atoms with Crippen molar-refractivity contribution in [2.45, 2.75) is 13.8 Å². The lowest BCUT2D eigenvalue weighted by molar-refractivity contribution is 0.0975. The largest absolute Gasteiger partial charge is 0.507 e. The van der Waals surface area contributed by atoms with Crippen LogP contribution in [-0.4, -0.2) is 73.4 Å². The number of anilines is 2. The Balaban J connectivity index is 1.90. The van der Waals surface area contributed by atoms with Gasteiger partial charge in [-0.1, -0.05) is 0 Å². The Hall–Kier alpha value is -4.48. The van der Waals surface area contributed by atoms with E-state index in [9.17, 15) is 29.4 Å². The van der Waals surface area contributed by atoms with Gasteiger partial charge in [0, 0.05) is 37.6 Å². The first-order chi connectivity index (χ1) is 17.3. The van der Waals surface area contributed by atoms with Crippen molar-refractivity contribution in [3.8, 4) is 11.5 Å². The topological polar surface area (TPSA) is 175 Å². The van der Waals surface area contributed by atoms with Gasteiger partial charge >= 0.3 is 12.2 Å². The minimum absolute atomic E-state index is 0.00730. The average molecular weight is 501 g/mol. The van der Waals surface area contributed by atoms with Crippen molar-refractivity contribution in [2.24, 2.45) is 0 Å². The summed E-state index contributed by atoms with van der Waals surface area (Å²) >= 11 is 0. The number of aromatic hydroxyl groups is 2. The van der Waals surface area contributed by atoms with Crippen LogP contribution >= 0.6 is 0 Å². The Kier molecular flexibility index (Phi) is 8.55. The number of hydrogen-bond acceptors (Lipinski definition) is 10. The molecule has 0 heterocycles. The van der Waals surface area contributed by atoms with E-state index in [-0.39, 0.29) is 61.6 Å². The number of amides is 2. The Morgan fingerprint density at radius 3 is 1.42 bits per heavy atom. The summed E-state index contributed by atoms with van der Waals surface area (Å²) in [5, 5.41) is 31.8. The molecule has 192 valence electrons. The minimum atomic E-state index is -0.651. The average Bonchev–Trinajstić information content (AvgIpc) is 2.84. The summed E-state index contributed by atoms with van der Waals surface area (Å²) < 4.78 is 9.60. The number of carbonyl (C=O) groups excluding carboxylic acids is 4. The summed E-state index contributed by atoms with van der Waals surface area (Å²) in [5.41, 5.74) is 0.0404. The quantitative estimate of drug-likeness (QED) is 0.179. The second-order valence-corrected chi connectivity index (χ2v) is 7.57. The zero-order valence-electron chi connectivity index (χ0n) is 19.9. The molecule has 0 atom stereocenters. The molecule has 2 amide bonds. The molecule has 0 aliphatic heterocycles. The molecular formula is C24H28N4O8. The van der Waals surface area contributed by atoms with Crippen LogP contribution in [0.4, 0.5) is 21.0 Å². The fourth-order valence-electron chi connectivity index (χ4n) is 3.75. The van der Waals surface area contributed by atoms with Crippen LogP contribution in [0, 0.1) is 0 Å². The van der Waals surface area contributed by atoms with E-state index in [0.717, 1.165) is 12.1 Å². The smallest absolute Gasteiger partial charge is 0.407 e. The van der Waals surface area contributed by atoms with Crippen molar-refractivity contribution in [1.29, 1.82) is 0 Å². The number of phenols is 2. The molecule has 2 aromatic rings. The van der Waals surface area contributed by atoms with Gasteiger partial charge in [0.25, 0.3) is 0 Å². The standard InChI is InChI=1S/C24H28N4O8/c1-3-35-23(33)27-11-9-25-13-5-6-14(26-10-12-28-24(34)36-4-2)18-17(13)21(31)19-15(29)7-8-16(30)20(19)22(18)32/h5-8,25-26,29-30H,3-4,9-12H2,1-2H3,(H,27,33)(H,28,34). The third-order valence-electron chi connectivity index (χ3n) is 5.25. The van der Waals surface area contributed by atoms with Crippen LogP contribution in [0.3, 0.4) is 0 Å². The van der Waals surface area contributed by atoms with E-state index in [4.69, 9.17) is 9.47 Å². The summed E-state index contributed by atoms with van der Waals surface area (Å²) in [6.45, 7) is 4.59. The van der Waals surface area contributed by atoms with Crippen LogP contribution in [0.5, 0.6) is 11.5 Å². The number of alkyl carbamates (subject to hydrolysis) is 2. The monoisotopic (exact) mass is 500 g/mol. The van der Waals surface area contributed by atoms with Gasteiger partial charge in [0.2, 0.25) is 11.6 Å². The van der Waals surface area contributed by atoms with E-state index in [2.05, 4.69) is 21.3 Å². The van der Waals surface area contributed by atoms with E-state index in [1.54, 1.807) is 26.0 Å². The highest BCUT2D eigenvalue weighted by Gasteiger charge is 2.37. The summed E-state index contributed by atoms with van der Waals surface area (Å²) in [5.74, 6) is -2.17. The summed E-state index contributed by atoms with van der Waals surface area (Å²) in [6.07, 6.45) is -1.17.